The van der Waals surface area contributed by atoms with Gasteiger partial charge in [0.25, 0.3) is 0 Å². The van der Waals surface area contributed by atoms with Crippen LogP contribution in [0.5, 0.6) is 0 Å². The van der Waals surface area contributed by atoms with Crippen molar-refractivity contribution in [2.45, 2.75) is 19.8 Å². The number of nitrogens with zero attached hydrogens (tertiary/aromatic N) is 1. The Kier molecular flexibility index (Phi) is 6.98. The van der Waals surface area contributed by atoms with Crippen molar-refractivity contribution in [3.05, 3.63) is 63.6 Å². The van der Waals surface area contributed by atoms with Crippen molar-refractivity contribution in [1.29, 1.82) is 0 Å². The Bertz CT molecular complexity index is 807. The first-order valence-corrected chi connectivity index (χ1v) is 8.34. The molecule has 130 valence electrons. The van der Waals surface area contributed by atoms with Crippen LogP contribution in [-0.4, -0.2) is 18.0 Å². The van der Waals surface area contributed by atoms with Gasteiger partial charge in [-0.2, -0.15) is 5.10 Å². The minimum absolute atomic E-state index is 0.0261. The van der Waals surface area contributed by atoms with E-state index in [4.69, 9.17) is 23.2 Å². The summed E-state index contributed by atoms with van der Waals surface area (Å²) in [6.45, 7) is 1.84. The van der Waals surface area contributed by atoms with Gasteiger partial charge in [0.1, 0.15) is 0 Å². The number of hydrazone groups is 1. The number of hydrogen-bond donors (Lipinski definition) is 2. The highest BCUT2D eigenvalue weighted by Gasteiger charge is 2.08. The minimum atomic E-state index is -0.355. The standard InChI is InChI=1S/C18H17Cl2N3O2/c1-12-10-14(19)6-7-16(12)22-17(24)8-9-18(25)23-21-11-13-4-2-3-5-15(13)20/h2-7,10-11H,8-9H2,1H3,(H,22,24)(H,23,25)/b21-11+. The zero-order valence-electron chi connectivity index (χ0n) is 13.6. The summed E-state index contributed by atoms with van der Waals surface area (Å²) in [4.78, 5) is 23.6. The van der Waals surface area contributed by atoms with E-state index in [-0.39, 0.29) is 24.7 Å². The molecule has 0 heterocycles. The number of carbonyl (C=O) groups is 2. The van der Waals surface area contributed by atoms with Crippen molar-refractivity contribution < 1.29 is 9.59 Å². The zero-order chi connectivity index (χ0) is 18.2. The Labute approximate surface area is 156 Å². The summed E-state index contributed by atoms with van der Waals surface area (Å²) < 4.78 is 0. The van der Waals surface area contributed by atoms with Gasteiger partial charge in [0.05, 0.1) is 6.21 Å². The fourth-order valence-electron chi connectivity index (χ4n) is 2.02. The van der Waals surface area contributed by atoms with Gasteiger partial charge in [-0.05, 0) is 36.8 Å². The molecule has 0 spiro atoms. The molecule has 0 fully saturated rings. The maximum atomic E-state index is 11.9. The molecule has 0 unspecified atom stereocenters. The first-order chi connectivity index (χ1) is 12.0. The maximum absolute atomic E-state index is 11.9. The summed E-state index contributed by atoms with van der Waals surface area (Å²) in [5.41, 5.74) is 4.59. The van der Waals surface area contributed by atoms with E-state index in [1.54, 1.807) is 36.4 Å². The fourth-order valence-corrected chi connectivity index (χ4v) is 2.43. The fraction of sp³-hybridized carbons (Fsp3) is 0.167. The van der Waals surface area contributed by atoms with Gasteiger partial charge in [-0.15, -0.1) is 0 Å². The molecule has 7 heteroatoms. The van der Waals surface area contributed by atoms with Crippen LogP contribution in [0, 0.1) is 6.92 Å². The molecule has 2 aromatic carbocycles. The second-order valence-electron chi connectivity index (χ2n) is 5.32. The van der Waals surface area contributed by atoms with Crippen LogP contribution in [0.4, 0.5) is 5.69 Å². The lowest BCUT2D eigenvalue weighted by Crippen LogP contribution is -2.20. The molecule has 0 atom stereocenters. The molecule has 0 aromatic heterocycles. The quantitative estimate of drug-likeness (QED) is 0.585. The van der Waals surface area contributed by atoms with Crippen LogP contribution in [0.3, 0.4) is 0 Å². The monoisotopic (exact) mass is 377 g/mol. The Morgan fingerprint density at radius 3 is 2.52 bits per heavy atom. The van der Waals surface area contributed by atoms with Gasteiger partial charge in [0.15, 0.2) is 0 Å². The third kappa shape index (κ3) is 6.21. The van der Waals surface area contributed by atoms with Crippen LogP contribution in [0.1, 0.15) is 24.0 Å². The Morgan fingerprint density at radius 1 is 1.08 bits per heavy atom. The highest BCUT2D eigenvalue weighted by molar-refractivity contribution is 6.33. The lowest BCUT2D eigenvalue weighted by molar-refractivity contribution is -0.124. The van der Waals surface area contributed by atoms with E-state index in [2.05, 4.69) is 15.8 Å². The summed E-state index contributed by atoms with van der Waals surface area (Å²) in [5, 5.41) is 7.72. The number of aryl methyl sites for hydroxylation is 1. The van der Waals surface area contributed by atoms with Gasteiger partial charge >= 0.3 is 0 Å². The average molecular weight is 378 g/mol. The predicted octanol–water partition coefficient (Wildman–Crippen LogP) is 4.17. The molecule has 5 nitrogen and oxygen atoms in total. The highest BCUT2D eigenvalue weighted by Crippen LogP contribution is 2.19. The van der Waals surface area contributed by atoms with E-state index in [0.29, 0.717) is 21.3 Å². The number of amides is 2. The molecule has 0 aliphatic heterocycles. The number of anilines is 1. The molecule has 2 N–H and O–H groups in total. The summed E-state index contributed by atoms with van der Waals surface area (Å²) in [7, 11) is 0. The molecule has 0 saturated carbocycles. The lowest BCUT2D eigenvalue weighted by Gasteiger charge is -2.08. The summed E-state index contributed by atoms with van der Waals surface area (Å²) >= 11 is 11.8. The highest BCUT2D eigenvalue weighted by atomic mass is 35.5. The van der Waals surface area contributed by atoms with Crippen molar-refractivity contribution in [1.82, 2.24) is 5.43 Å². The molecule has 0 aliphatic carbocycles. The molecular formula is C18H17Cl2N3O2. The Hall–Kier alpha value is -2.37. The van der Waals surface area contributed by atoms with E-state index >= 15 is 0 Å². The number of carbonyl (C=O) groups excluding carboxylic acids is 2. The first kappa shape index (κ1) is 19.0. The number of benzene rings is 2. The second kappa shape index (κ2) is 9.20. The molecule has 0 saturated heterocycles. The molecule has 2 amide bonds. The van der Waals surface area contributed by atoms with Gasteiger partial charge in [0.2, 0.25) is 11.8 Å². The number of hydrogen-bond acceptors (Lipinski definition) is 3. The molecule has 0 bridgehead atoms. The van der Waals surface area contributed by atoms with Gasteiger partial charge < -0.3 is 5.32 Å². The van der Waals surface area contributed by atoms with Crippen molar-refractivity contribution in [2.24, 2.45) is 5.10 Å². The van der Waals surface area contributed by atoms with Crippen LogP contribution in [0.15, 0.2) is 47.6 Å². The molecule has 0 aliphatic rings. The van der Waals surface area contributed by atoms with Crippen molar-refractivity contribution in [2.75, 3.05) is 5.32 Å². The molecule has 2 aromatic rings. The smallest absolute Gasteiger partial charge is 0.240 e. The van der Waals surface area contributed by atoms with E-state index in [9.17, 15) is 9.59 Å². The minimum Gasteiger partial charge on any atom is -0.326 e. The Morgan fingerprint density at radius 2 is 1.80 bits per heavy atom. The molecular weight excluding hydrogens is 361 g/mol. The van der Waals surface area contributed by atoms with Gasteiger partial charge in [0, 0.05) is 34.1 Å². The van der Waals surface area contributed by atoms with Crippen molar-refractivity contribution in [3.8, 4) is 0 Å². The third-order valence-electron chi connectivity index (χ3n) is 3.34. The van der Waals surface area contributed by atoms with E-state index < -0.39 is 0 Å². The SMILES string of the molecule is Cc1cc(Cl)ccc1NC(=O)CCC(=O)N/N=C/c1ccccc1Cl. The van der Waals surface area contributed by atoms with Crippen LogP contribution < -0.4 is 10.7 Å². The zero-order valence-corrected chi connectivity index (χ0v) is 15.1. The molecule has 0 radical (unpaired) electrons. The van der Waals surface area contributed by atoms with E-state index in [1.807, 2.05) is 13.0 Å². The van der Waals surface area contributed by atoms with Crippen LogP contribution in [0.25, 0.3) is 0 Å². The predicted molar refractivity (Wildman–Crippen MR) is 101 cm³/mol. The third-order valence-corrected chi connectivity index (χ3v) is 3.92. The summed E-state index contributed by atoms with van der Waals surface area (Å²) in [6, 6.07) is 12.3. The lowest BCUT2D eigenvalue weighted by atomic mass is 10.2. The molecule has 2 rings (SSSR count). The average Bonchev–Trinajstić information content (AvgIpc) is 2.57. The molecule has 25 heavy (non-hydrogen) atoms. The van der Waals surface area contributed by atoms with Crippen LogP contribution >= 0.6 is 23.2 Å². The topological polar surface area (TPSA) is 70.6 Å². The normalized spacial score (nSPS) is 10.7. The number of nitrogens with one attached hydrogen (secondary N) is 2. The van der Waals surface area contributed by atoms with Crippen LogP contribution in [0.2, 0.25) is 10.0 Å². The summed E-state index contributed by atoms with van der Waals surface area (Å²) in [6.07, 6.45) is 1.53. The van der Waals surface area contributed by atoms with Crippen molar-refractivity contribution >= 4 is 46.9 Å². The van der Waals surface area contributed by atoms with Gasteiger partial charge in [-0.25, -0.2) is 5.43 Å². The Balaban J connectivity index is 1.77. The van der Waals surface area contributed by atoms with E-state index in [0.717, 1.165) is 5.56 Å². The van der Waals surface area contributed by atoms with Crippen molar-refractivity contribution in [3.63, 3.8) is 0 Å². The van der Waals surface area contributed by atoms with Crippen LogP contribution in [-0.2, 0) is 9.59 Å². The van der Waals surface area contributed by atoms with Gasteiger partial charge in [-0.1, -0.05) is 41.4 Å². The summed E-state index contributed by atoms with van der Waals surface area (Å²) in [5.74, 6) is -0.609. The first-order valence-electron chi connectivity index (χ1n) is 7.58. The maximum Gasteiger partial charge on any atom is 0.240 e. The number of halogens is 2. The van der Waals surface area contributed by atoms with Gasteiger partial charge in [-0.3, -0.25) is 9.59 Å². The largest absolute Gasteiger partial charge is 0.326 e. The second-order valence-corrected chi connectivity index (χ2v) is 6.17. The van der Waals surface area contributed by atoms with E-state index in [1.165, 1.54) is 6.21 Å². The number of rotatable bonds is 6.